The van der Waals surface area contributed by atoms with Crippen LogP contribution in [0, 0.1) is 4.64 Å². The van der Waals surface area contributed by atoms with E-state index in [1.54, 1.807) is 0 Å². The fourth-order valence-electron chi connectivity index (χ4n) is 0.710. The largest absolute Gasteiger partial charge is 0.459 e. The van der Waals surface area contributed by atoms with E-state index < -0.39 is 22.4 Å². The quantitative estimate of drug-likeness (QED) is 0.593. The molecule has 1 aromatic heterocycles. The van der Waals surface area contributed by atoms with E-state index >= 15 is 0 Å². The van der Waals surface area contributed by atoms with Crippen LogP contribution in [0.5, 0.6) is 0 Å². The fourth-order valence-corrected chi connectivity index (χ4v) is 0.959. The van der Waals surface area contributed by atoms with Crippen molar-refractivity contribution in [2.75, 3.05) is 0 Å². The summed E-state index contributed by atoms with van der Waals surface area (Å²) in [6.45, 7) is 0. The summed E-state index contributed by atoms with van der Waals surface area (Å²) in [4.78, 5) is 4.96. The molecule has 0 radical (unpaired) electrons. The molecule has 1 aromatic rings. The number of hydrogen-bond acceptors (Lipinski definition) is 2. The lowest BCUT2D eigenvalue weighted by atomic mass is 10.2. The Balaban J connectivity index is 3.31. The fraction of sp³-hybridized carbons (Fsp3) is 0.333. The minimum atomic E-state index is -5.69. The van der Waals surface area contributed by atoms with Gasteiger partial charge >= 0.3 is 12.1 Å². The van der Waals surface area contributed by atoms with E-state index in [0.29, 0.717) is 0 Å². The molecule has 78 valence electrons. The second-order valence-electron chi connectivity index (χ2n) is 2.34. The molecule has 0 atom stereocenters. The first-order valence-corrected chi connectivity index (χ1v) is 3.66. The van der Waals surface area contributed by atoms with Gasteiger partial charge < -0.3 is 4.98 Å². The number of aromatic nitrogens is 2. The molecule has 0 aliphatic rings. The number of hydrogen-bond donors (Lipinski definition) is 1. The molecule has 1 heterocycles. The smallest absolute Gasteiger partial charge is 0.350 e. The molecule has 0 aliphatic heterocycles. The van der Waals surface area contributed by atoms with Crippen LogP contribution in [0.4, 0.5) is 22.0 Å². The maximum absolute atomic E-state index is 12.6. The normalized spacial score (nSPS) is 12.9. The first kappa shape index (κ1) is 11.0. The average Bonchev–Trinajstić information content (AvgIpc) is 2.02. The Bertz CT molecular complexity index is 382. The van der Waals surface area contributed by atoms with E-state index in [2.05, 4.69) is 22.2 Å². The van der Waals surface area contributed by atoms with Gasteiger partial charge in [0.2, 0.25) is 0 Å². The minimum absolute atomic E-state index is 0.727. The van der Waals surface area contributed by atoms with Crippen molar-refractivity contribution in [1.29, 1.82) is 0 Å². The highest BCUT2D eigenvalue weighted by atomic mass is 32.1. The molecule has 0 saturated carbocycles. The van der Waals surface area contributed by atoms with Gasteiger partial charge in [0.15, 0.2) is 5.69 Å². The first-order chi connectivity index (χ1) is 6.27. The van der Waals surface area contributed by atoms with E-state index in [0.717, 1.165) is 12.4 Å². The zero-order valence-corrected chi connectivity index (χ0v) is 7.22. The first-order valence-electron chi connectivity index (χ1n) is 3.25. The zero-order valence-electron chi connectivity index (χ0n) is 6.40. The highest BCUT2D eigenvalue weighted by Crippen LogP contribution is 2.42. The van der Waals surface area contributed by atoms with Gasteiger partial charge in [0, 0.05) is 12.4 Å². The predicted octanol–water partition coefficient (Wildman–Crippen LogP) is 2.79. The third-order valence-electron chi connectivity index (χ3n) is 1.36. The van der Waals surface area contributed by atoms with E-state index in [1.807, 2.05) is 0 Å². The van der Waals surface area contributed by atoms with Gasteiger partial charge in [0.05, 0.1) is 0 Å². The van der Waals surface area contributed by atoms with Crippen LogP contribution >= 0.6 is 12.2 Å². The van der Waals surface area contributed by atoms with Crippen molar-refractivity contribution in [3.05, 3.63) is 22.7 Å². The Labute approximate surface area is 79.8 Å². The van der Waals surface area contributed by atoms with E-state index in [4.69, 9.17) is 0 Å². The highest BCUT2D eigenvalue weighted by Gasteiger charge is 2.60. The van der Waals surface area contributed by atoms with Crippen LogP contribution in [-0.4, -0.2) is 16.1 Å². The van der Waals surface area contributed by atoms with Gasteiger partial charge in [0.1, 0.15) is 4.64 Å². The molecule has 0 aromatic carbocycles. The molecule has 14 heavy (non-hydrogen) atoms. The maximum atomic E-state index is 12.6. The van der Waals surface area contributed by atoms with Gasteiger partial charge in [-0.1, -0.05) is 12.2 Å². The van der Waals surface area contributed by atoms with Crippen LogP contribution in [0.2, 0.25) is 0 Å². The second kappa shape index (κ2) is 3.26. The lowest BCUT2D eigenvalue weighted by molar-refractivity contribution is -0.291. The second-order valence-corrected chi connectivity index (χ2v) is 2.75. The topological polar surface area (TPSA) is 28.7 Å². The molecule has 0 fully saturated rings. The molecule has 2 nitrogen and oxygen atoms in total. The van der Waals surface area contributed by atoms with Gasteiger partial charge in [-0.3, -0.25) is 0 Å². The summed E-state index contributed by atoms with van der Waals surface area (Å²) >= 11 is 4.27. The van der Waals surface area contributed by atoms with Crippen molar-refractivity contribution >= 4 is 12.2 Å². The average molecular weight is 230 g/mol. The molecule has 0 bridgehead atoms. The Hall–Kier alpha value is -1.05. The number of alkyl halides is 5. The van der Waals surface area contributed by atoms with Gasteiger partial charge in [-0.05, 0) is 0 Å². The summed E-state index contributed by atoms with van der Waals surface area (Å²) in [5.41, 5.74) is -1.48. The van der Waals surface area contributed by atoms with Gasteiger partial charge in [-0.2, -0.15) is 22.0 Å². The molecule has 0 amide bonds. The third-order valence-corrected chi connectivity index (χ3v) is 1.67. The Morgan fingerprint density at radius 3 is 2.21 bits per heavy atom. The van der Waals surface area contributed by atoms with Crippen LogP contribution in [0.3, 0.4) is 0 Å². The molecular formula is C6H3F5N2S. The van der Waals surface area contributed by atoms with Crippen LogP contribution in [-0.2, 0) is 5.92 Å². The van der Waals surface area contributed by atoms with Crippen molar-refractivity contribution in [2.24, 2.45) is 0 Å². The highest BCUT2D eigenvalue weighted by molar-refractivity contribution is 7.71. The standard InChI is InChI=1S/C6H3F5N2S/c7-5(8,6(9,10)11)3-4(14)13-2-1-12-3/h1-2H,(H,13,14). The summed E-state index contributed by atoms with van der Waals surface area (Å²) < 4.78 is 60.1. The zero-order chi connectivity index (χ0) is 11.0. The Morgan fingerprint density at radius 1 is 1.21 bits per heavy atom. The van der Waals surface area contributed by atoms with Crippen LogP contribution < -0.4 is 0 Å². The summed E-state index contributed by atoms with van der Waals surface area (Å²) in [5.74, 6) is -5.03. The monoisotopic (exact) mass is 230 g/mol. The van der Waals surface area contributed by atoms with Crippen LogP contribution in [0.15, 0.2) is 12.4 Å². The Kier molecular flexibility index (Phi) is 2.57. The molecule has 1 N–H and O–H groups in total. The van der Waals surface area contributed by atoms with Crippen LogP contribution in [0.25, 0.3) is 0 Å². The van der Waals surface area contributed by atoms with E-state index in [9.17, 15) is 22.0 Å². The number of nitrogens with zero attached hydrogens (tertiary/aromatic N) is 1. The molecule has 1 rings (SSSR count). The Morgan fingerprint density at radius 2 is 1.79 bits per heavy atom. The van der Waals surface area contributed by atoms with Gasteiger partial charge in [-0.15, -0.1) is 0 Å². The van der Waals surface area contributed by atoms with Crippen molar-refractivity contribution in [2.45, 2.75) is 12.1 Å². The molecule has 0 aliphatic carbocycles. The van der Waals surface area contributed by atoms with Crippen molar-refractivity contribution in [3.63, 3.8) is 0 Å². The lowest BCUT2D eigenvalue weighted by Crippen LogP contribution is -2.35. The number of nitrogens with one attached hydrogen (secondary N) is 1. The van der Waals surface area contributed by atoms with Crippen molar-refractivity contribution in [3.8, 4) is 0 Å². The summed E-state index contributed by atoms with van der Waals surface area (Å²) in [6.07, 6.45) is -3.84. The SMILES string of the molecule is FC(F)(F)C(F)(F)c1ncc[nH]c1=S. The van der Waals surface area contributed by atoms with Crippen molar-refractivity contribution in [1.82, 2.24) is 9.97 Å². The predicted molar refractivity (Wildman–Crippen MR) is 39.4 cm³/mol. The summed E-state index contributed by atoms with van der Waals surface area (Å²) in [7, 11) is 0. The molecular weight excluding hydrogens is 227 g/mol. The molecule has 0 spiro atoms. The van der Waals surface area contributed by atoms with Gasteiger partial charge in [0.25, 0.3) is 0 Å². The molecule has 0 saturated heterocycles. The third kappa shape index (κ3) is 1.74. The summed E-state index contributed by atoms with van der Waals surface area (Å²) in [5, 5.41) is 0. The number of H-pyrrole nitrogens is 1. The number of rotatable bonds is 1. The number of halogens is 5. The van der Waals surface area contributed by atoms with E-state index in [-0.39, 0.29) is 0 Å². The number of aromatic amines is 1. The van der Waals surface area contributed by atoms with Crippen LogP contribution in [0.1, 0.15) is 5.69 Å². The molecule has 8 heteroatoms. The van der Waals surface area contributed by atoms with Gasteiger partial charge in [-0.25, -0.2) is 4.98 Å². The maximum Gasteiger partial charge on any atom is 0.459 e. The summed E-state index contributed by atoms with van der Waals surface area (Å²) in [6, 6.07) is 0. The van der Waals surface area contributed by atoms with E-state index in [1.165, 1.54) is 0 Å². The lowest BCUT2D eigenvalue weighted by Gasteiger charge is -2.18. The van der Waals surface area contributed by atoms with Crippen molar-refractivity contribution < 1.29 is 22.0 Å². The molecule has 0 unspecified atom stereocenters. The minimum Gasteiger partial charge on any atom is -0.350 e.